The van der Waals surface area contributed by atoms with Gasteiger partial charge in [-0.1, -0.05) is 71.0 Å². The molecule has 0 saturated carbocycles. The van der Waals surface area contributed by atoms with Crippen molar-refractivity contribution in [3.63, 3.8) is 0 Å². The van der Waals surface area contributed by atoms with Gasteiger partial charge in [0.15, 0.2) is 0 Å². The van der Waals surface area contributed by atoms with Crippen LogP contribution in [0.5, 0.6) is 0 Å². The molecular weight excluding hydrogens is 408 g/mol. The van der Waals surface area contributed by atoms with Crippen molar-refractivity contribution < 1.29 is 15.3 Å². The summed E-state index contributed by atoms with van der Waals surface area (Å²) in [6.07, 6.45) is 4.11. The quantitative estimate of drug-likeness (QED) is 0.388. The zero-order valence-corrected chi connectivity index (χ0v) is 21.9. The molecule has 2 aromatic rings. The Balaban J connectivity index is 2.31. The van der Waals surface area contributed by atoms with Crippen molar-refractivity contribution in [2.45, 2.75) is 105 Å². The maximum Gasteiger partial charge on any atom is 0.0774 e. The number of aliphatic hydroxyl groups is 3. The zero-order valence-electron chi connectivity index (χ0n) is 21.9. The van der Waals surface area contributed by atoms with Crippen molar-refractivity contribution in [3.05, 3.63) is 69.8 Å². The number of benzene rings is 2. The van der Waals surface area contributed by atoms with E-state index >= 15 is 0 Å². The Bertz CT molecular complexity index is 890. The third kappa shape index (κ3) is 6.68. The van der Waals surface area contributed by atoms with Crippen LogP contribution in [0.2, 0.25) is 0 Å². The minimum Gasteiger partial charge on any atom is -0.394 e. The number of hydrogen-bond acceptors (Lipinski definition) is 3. The summed E-state index contributed by atoms with van der Waals surface area (Å²) in [6, 6.07) is 13.7. The molecule has 0 bridgehead atoms. The fraction of sp³-hybridized carbons (Fsp3) is 0.600. The van der Waals surface area contributed by atoms with E-state index in [1.54, 1.807) is 0 Å². The number of aliphatic hydroxyl groups excluding tert-OH is 3. The molecule has 3 N–H and O–H groups in total. The van der Waals surface area contributed by atoms with E-state index in [0.717, 1.165) is 32.1 Å². The maximum atomic E-state index is 10.5. The minimum atomic E-state index is -0.652. The van der Waals surface area contributed by atoms with E-state index in [-0.39, 0.29) is 23.5 Å². The van der Waals surface area contributed by atoms with Gasteiger partial charge in [-0.3, -0.25) is 0 Å². The Hall–Kier alpha value is -1.68. The van der Waals surface area contributed by atoms with Crippen LogP contribution in [-0.4, -0.2) is 34.1 Å². The van der Waals surface area contributed by atoms with Crippen LogP contribution >= 0.6 is 0 Å². The largest absolute Gasteiger partial charge is 0.394 e. The molecule has 33 heavy (non-hydrogen) atoms. The normalized spacial score (nSPS) is 14.4. The van der Waals surface area contributed by atoms with Crippen LogP contribution in [0.15, 0.2) is 36.4 Å². The smallest absolute Gasteiger partial charge is 0.0774 e. The van der Waals surface area contributed by atoms with E-state index in [0.29, 0.717) is 6.42 Å². The Labute approximate surface area is 201 Å². The van der Waals surface area contributed by atoms with E-state index in [1.165, 1.54) is 33.4 Å². The molecule has 0 aliphatic carbocycles. The average Bonchev–Trinajstić information content (AvgIpc) is 2.78. The third-order valence-corrected chi connectivity index (χ3v) is 7.64. The van der Waals surface area contributed by atoms with Gasteiger partial charge in [0.1, 0.15) is 0 Å². The lowest BCUT2D eigenvalue weighted by molar-refractivity contribution is 0.0560. The van der Waals surface area contributed by atoms with E-state index < -0.39 is 6.10 Å². The molecule has 0 saturated heterocycles. The molecule has 3 heteroatoms. The first-order chi connectivity index (χ1) is 15.5. The van der Waals surface area contributed by atoms with Gasteiger partial charge in [0.25, 0.3) is 0 Å². The molecule has 0 heterocycles. The Morgan fingerprint density at radius 2 is 1.21 bits per heavy atom. The average molecular weight is 455 g/mol. The van der Waals surface area contributed by atoms with Crippen LogP contribution in [0.1, 0.15) is 93.7 Å². The molecule has 2 rings (SSSR count). The van der Waals surface area contributed by atoms with Crippen LogP contribution in [0.3, 0.4) is 0 Å². The van der Waals surface area contributed by atoms with Crippen molar-refractivity contribution >= 4 is 0 Å². The van der Waals surface area contributed by atoms with Gasteiger partial charge in [0.2, 0.25) is 0 Å². The molecule has 0 aliphatic heterocycles. The van der Waals surface area contributed by atoms with Gasteiger partial charge in [0, 0.05) is 5.41 Å². The first-order valence-corrected chi connectivity index (χ1v) is 12.7. The summed E-state index contributed by atoms with van der Waals surface area (Å²) in [7, 11) is 0. The van der Waals surface area contributed by atoms with Crippen molar-refractivity contribution in [1.29, 1.82) is 0 Å². The molecule has 2 unspecified atom stereocenters. The fourth-order valence-corrected chi connectivity index (χ4v) is 4.92. The van der Waals surface area contributed by atoms with Crippen LogP contribution < -0.4 is 0 Å². The highest BCUT2D eigenvalue weighted by Crippen LogP contribution is 2.40. The van der Waals surface area contributed by atoms with E-state index in [2.05, 4.69) is 84.9 Å². The van der Waals surface area contributed by atoms with Gasteiger partial charge in [-0.15, -0.1) is 0 Å². The summed E-state index contributed by atoms with van der Waals surface area (Å²) in [5.41, 5.74) is 7.66. The minimum absolute atomic E-state index is 0.0396. The fourth-order valence-electron chi connectivity index (χ4n) is 4.92. The van der Waals surface area contributed by atoms with Crippen molar-refractivity contribution in [2.75, 3.05) is 6.61 Å². The third-order valence-electron chi connectivity index (χ3n) is 7.64. The molecule has 3 nitrogen and oxygen atoms in total. The lowest BCUT2D eigenvalue weighted by atomic mass is 9.69. The van der Waals surface area contributed by atoms with Gasteiger partial charge in [-0.25, -0.2) is 0 Å². The van der Waals surface area contributed by atoms with Crippen molar-refractivity contribution in [1.82, 2.24) is 0 Å². The summed E-state index contributed by atoms with van der Waals surface area (Å²) < 4.78 is 0. The second-order valence-corrected chi connectivity index (χ2v) is 10.9. The summed E-state index contributed by atoms with van der Waals surface area (Å²) in [4.78, 5) is 0. The topological polar surface area (TPSA) is 60.7 Å². The monoisotopic (exact) mass is 454 g/mol. The number of hydrogen-bond donors (Lipinski definition) is 3. The number of rotatable bonds is 11. The molecule has 0 spiro atoms. The van der Waals surface area contributed by atoms with Gasteiger partial charge in [-0.05, 0) is 91.2 Å². The predicted molar refractivity (Wildman–Crippen MR) is 139 cm³/mol. The first kappa shape index (κ1) is 27.6. The Morgan fingerprint density at radius 3 is 1.58 bits per heavy atom. The highest BCUT2D eigenvalue weighted by molar-refractivity contribution is 5.45. The molecule has 0 radical (unpaired) electrons. The van der Waals surface area contributed by atoms with Gasteiger partial charge in [0.05, 0.1) is 18.8 Å². The van der Waals surface area contributed by atoms with Gasteiger partial charge in [-0.2, -0.15) is 0 Å². The van der Waals surface area contributed by atoms with E-state index in [1.807, 2.05) is 0 Å². The summed E-state index contributed by atoms with van der Waals surface area (Å²) >= 11 is 0. The molecule has 0 aliphatic rings. The number of aryl methyl sites for hydroxylation is 4. The second kappa shape index (κ2) is 11.6. The zero-order chi connectivity index (χ0) is 24.8. The Kier molecular flexibility index (Phi) is 9.72. The van der Waals surface area contributed by atoms with E-state index in [4.69, 9.17) is 5.11 Å². The van der Waals surface area contributed by atoms with Crippen LogP contribution in [-0.2, 0) is 18.3 Å². The highest BCUT2D eigenvalue weighted by Gasteiger charge is 2.31. The molecule has 0 amide bonds. The SMILES string of the molecule is CCC(CC)(c1ccc(CCC(O)CO)c(C)c1)c1ccc(CCC(O)C(C)(C)C)c(C)c1. The molecule has 0 aromatic heterocycles. The molecule has 2 aromatic carbocycles. The van der Waals surface area contributed by atoms with Crippen LogP contribution in [0.25, 0.3) is 0 Å². The molecule has 2 atom stereocenters. The van der Waals surface area contributed by atoms with E-state index in [9.17, 15) is 10.2 Å². The molecule has 184 valence electrons. The second-order valence-electron chi connectivity index (χ2n) is 10.9. The first-order valence-electron chi connectivity index (χ1n) is 12.7. The van der Waals surface area contributed by atoms with Crippen LogP contribution in [0.4, 0.5) is 0 Å². The maximum absolute atomic E-state index is 10.5. The standard InChI is InChI=1S/C30H46O3/c1-8-30(9-2,25-14-10-23(21(3)18-25)12-16-27(32)20-31)26-15-11-24(22(4)19-26)13-17-28(33)29(5,6)7/h10-11,14-15,18-19,27-28,31-33H,8-9,12-13,16-17,20H2,1-7H3. The van der Waals surface area contributed by atoms with Gasteiger partial charge < -0.3 is 15.3 Å². The molecule has 0 fully saturated rings. The van der Waals surface area contributed by atoms with Crippen molar-refractivity contribution in [2.24, 2.45) is 5.41 Å². The Morgan fingerprint density at radius 1 is 0.758 bits per heavy atom. The predicted octanol–water partition coefficient (Wildman–Crippen LogP) is 6.03. The van der Waals surface area contributed by atoms with Crippen LogP contribution in [0, 0.1) is 19.3 Å². The summed E-state index contributed by atoms with van der Waals surface area (Å²) in [6.45, 7) is 15.0. The summed E-state index contributed by atoms with van der Waals surface area (Å²) in [5, 5.41) is 29.3. The lowest BCUT2D eigenvalue weighted by Crippen LogP contribution is -2.27. The summed E-state index contributed by atoms with van der Waals surface area (Å²) in [5.74, 6) is 0. The lowest BCUT2D eigenvalue weighted by Gasteiger charge is -2.34. The van der Waals surface area contributed by atoms with Crippen molar-refractivity contribution in [3.8, 4) is 0 Å². The molecular formula is C30H46O3. The highest BCUT2D eigenvalue weighted by atomic mass is 16.3. The van der Waals surface area contributed by atoms with Gasteiger partial charge >= 0.3 is 0 Å².